The van der Waals surface area contributed by atoms with Crippen molar-refractivity contribution in [1.29, 1.82) is 0 Å². The molecule has 0 saturated carbocycles. The number of ether oxygens (including phenoxy) is 1. The summed E-state index contributed by atoms with van der Waals surface area (Å²) in [6.07, 6.45) is 7.36. The van der Waals surface area contributed by atoms with Crippen LogP contribution in [0.2, 0.25) is 0 Å². The maximum Gasteiger partial charge on any atom is 0.255 e. The molecule has 0 aliphatic carbocycles. The van der Waals surface area contributed by atoms with Crippen LogP contribution in [-0.2, 0) is 24.3 Å². The van der Waals surface area contributed by atoms with Gasteiger partial charge in [-0.05, 0) is 38.3 Å². The fourth-order valence-electron chi connectivity index (χ4n) is 3.98. The van der Waals surface area contributed by atoms with Crippen molar-refractivity contribution in [3.05, 3.63) is 47.0 Å². The Morgan fingerprint density at radius 1 is 1.40 bits per heavy atom. The summed E-state index contributed by atoms with van der Waals surface area (Å²) < 4.78 is 7.79. The molecule has 0 N–H and O–H groups in total. The van der Waals surface area contributed by atoms with E-state index in [2.05, 4.69) is 16.6 Å². The van der Waals surface area contributed by atoms with Gasteiger partial charge in [-0.15, -0.1) is 0 Å². The van der Waals surface area contributed by atoms with Crippen molar-refractivity contribution in [2.45, 2.75) is 51.8 Å². The number of nitrogens with zero attached hydrogens (tertiary/aromatic N) is 4. The molecule has 0 aromatic carbocycles. The molecule has 4 heterocycles. The largest absolute Gasteiger partial charge is 0.376 e. The molecule has 132 valence electrons. The third kappa shape index (κ3) is 2.95. The molecule has 6 heteroatoms. The number of likely N-dealkylation sites (tertiary alicyclic amines) is 1. The van der Waals surface area contributed by atoms with Crippen molar-refractivity contribution in [2.24, 2.45) is 0 Å². The summed E-state index contributed by atoms with van der Waals surface area (Å²) >= 11 is 0. The van der Waals surface area contributed by atoms with Crippen molar-refractivity contribution in [3.63, 3.8) is 0 Å². The Hall–Kier alpha value is -2.21. The highest BCUT2D eigenvalue weighted by Gasteiger charge is 2.34. The number of hydrogen-bond donors (Lipinski definition) is 0. The Morgan fingerprint density at radius 3 is 3.12 bits per heavy atom. The molecule has 1 atom stereocenters. The van der Waals surface area contributed by atoms with Crippen LogP contribution in [0.3, 0.4) is 0 Å². The zero-order chi connectivity index (χ0) is 17.2. The molecule has 2 aliphatic rings. The molecule has 1 fully saturated rings. The average Bonchev–Trinajstić information content (AvgIpc) is 3.07. The van der Waals surface area contributed by atoms with Crippen molar-refractivity contribution >= 4 is 5.91 Å². The van der Waals surface area contributed by atoms with Gasteiger partial charge in [-0.2, -0.15) is 5.10 Å². The van der Waals surface area contributed by atoms with Gasteiger partial charge < -0.3 is 9.64 Å². The number of piperidine rings is 1. The third-order valence-electron chi connectivity index (χ3n) is 5.21. The predicted molar refractivity (Wildman–Crippen MR) is 93.1 cm³/mol. The van der Waals surface area contributed by atoms with E-state index in [-0.39, 0.29) is 11.9 Å². The van der Waals surface area contributed by atoms with Crippen LogP contribution in [0, 0.1) is 0 Å². The summed E-state index contributed by atoms with van der Waals surface area (Å²) in [6.45, 7) is 5.10. The third-order valence-corrected chi connectivity index (χ3v) is 5.21. The zero-order valence-corrected chi connectivity index (χ0v) is 14.6. The molecule has 6 nitrogen and oxygen atoms in total. The smallest absolute Gasteiger partial charge is 0.255 e. The lowest BCUT2D eigenvalue weighted by Gasteiger charge is -2.35. The minimum Gasteiger partial charge on any atom is -0.376 e. The molecule has 1 unspecified atom stereocenters. The van der Waals surface area contributed by atoms with Gasteiger partial charge in [0.2, 0.25) is 0 Å². The molecular formula is C19H24N4O2. The molecule has 2 aliphatic heterocycles. The standard InChI is InChI=1S/C19H24N4O2/c1-2-23-16-8-11-25-13-15(16)18(21-23)17-7-3-4-10-22(17)19(24)14-6-5-9-20-12-14/h5-6,9,12,17H,2-4,7-8,10-11,13H2,1H3. The van der Waals surface area contributed by atoms with Gasteiger partial charge in [0.1, 0.15) is 0 Å². The number of carbonyl (C=O) groups is 1. The minimum absolute atomic E-state index is 0.0321. The van der Waals surface area contributed by atoms with Crippen LogP contribution in [0.4, 0.5) is 0 Å². The molecule has 0 bridgehead atoms. The Kier molecular flexibility index (Phi) is 4.53. The Labute approximate surface area is 147 Å². The second kappa shape index (κ2) is 6.96. The number of aromatic nitrogens is 3. The maximum absolute atomic E-state index is 13.0. The molecular weight excluding hydrogens is 316 g/mol. The first-order chi connectivity index (χ1) is 12.3. The van der Waals surface area contributed by atoms with E-state index in [9.17, 15) is 4.79 Å². The first kappa shape index (κ1) is 16.3. The summed E-state index contributed by atoms with van der Waals surface area (Å²) in [5.41, 5.74) is 4.16. The summed E-state index contributed by atoms with van der Waals surface area (Å²) in [5.74, 6) is 0.0503. The maximum atomic E-state index is 13.0. The lowest BCUT2D eigenvalue weighted by molar-refractivity contribution is 0.0595. The molecule has 25 heavy (non-hydrogen) atoms. The highest BCUT2D eigenvalue weighted by Crippen LogP contribution is 2.35. The van der Waals surface area contributed by atoms with Gasteiger partial charge in [0.25, 0.3) is 5.91 Å². The van der Waals surface area contributed by atoms with Crippen molar-refractivity contribution in [3.8, 4) is 0 Å². The SMILES string of the molecule is CCn1nc(C2CCCCN2C(=O)c2cccnc2)c2c1CCOC2. The summed E-state index contributed by atoms with van der Waals surface area (Å²) in [4.78, 5) is 19.1. The van der Waals surface area contributed by atoms with E-state index in [0.717, 1.165) is 51.1 Å². The normalized spacial score (nSPS) is 20.4. The van der Waals surface area contributed by atoms with E-state index < -0.39 is 0 Å². The van der Waals surface area contributed by atoms with Crippen LogP contribution in [0.15, 0.2) is 24.5 Å². The average molecular weight is 340 g/mol. The number of amides is 1. The highest BCUT2D eigenvalue weighted by molar-refractivity contribution is 5.94. The fraction of sp³-hybridized carbons (Fsp3) is 0.526. The summed E-state index contributed by atoms with van der Waals surface area (Å²) in [6, 6.07) is 3.68. The highest BCUT2D eigenvalue weighted by atomic mass is 16.5. The van der Waals surface area contributed by atoms with Crippen molar-refractivity contribution in [2.75, 3.05) is 13.2 Å². The van der Waals surface area contributed by atoms with Gasteiger partial charge >= 0.3 is 0 Å². The van der Waals surface area contributed by atoms with Gasteiger partial charge in [-0.1, -0.05) is 0 Å². The summed E-state index contributed by atoms with van der Waals surface area (Å²) in [5, 5.41) is 4.89. The predicted octanol–water partition coefficient (Wildman–Crippen LogP) is 2.74. The van der Waals surface area contributed by atoms with E-state index in [4.69, 9.17) is 9.84 Å². The van der Waals surface area contributed by atoms with Crippen LogP contribution in [0.5, 0.6) is 0 Å². The molecule has 1 saturated heterocycles. The second-order valence-corrected chi connectivity index (χ2v) is 6.68. The molecule has 2 aromatic rings. The molecule has 0 spiro atoms. The van der Waals surface area contributed by atoms with Gasteiger partial charge in [0, 0.05) is 43.2 Å². The number of hydrogen-bond acceptors (Lipinski definition) is 4. The molecule has 2 aromatic heterocycles. The monoisotopic (exact) mass is 340 g/mol. The number of fused-ring (bicyclic) bond motifs is 1. The number of carbonyl (C=O) groups excluding carboxylic acids is 1. The Morgan fingerprint density at radius 2 is 2.32 bits per heavy atom. The van der Waals surface area contributed by atoms with Crippen molar-refractivity contribution in [1.82, 2.24) is 19.7 Å². The topological polar surface area (TPSA) is 60.2 Å². The van der Waals surface area contributed by atoms with E-state index in [1.54, 1.807) is 12.4 Å². The van der Waals surface area contributed by atoms with E-state index in [0.29, 0.717) is 12.2 Å². The van der Waals surface area contributed by atoms with Crippen LogP contribution >= 0.6 is 0 Å². The van der Waals surface area contributed by atoms with Gasteiger partial charge in [-0.3, -0.25) is 14.5 Å². The minimum atomic E-state index is 0.0321. The fourth-order valence-corrected chi connectivity index (χ4v) is 3.98. The van der Waals surface area contributed by atoms with Crippen LogP contribution in [0.1, 0.15) is 59.5 Å². The molecule has 4 rings (SSSR count). The Balaban J connectivity index is 1.70. The van der Waals surface area contributed by atoms with Gasteiger partial charge in [0.05, 0.1) is 30.5 Å². The molecule has 1 amide bonds. The first-order valence-corrected chi connectivity index (χ1v) is 9.16. The van der Waals surface area contributed by atoms with E-state index in [1.165, 1.54) is 11.3 Å². The quantitative estimate of drug-likeness (QED) is 0.862. The van der Waals surface area contributed by atoms with Crippen LogP contribution < -0.4 is 0 Å². The van der Waals surface area contributed by atoms with Gasteiger partial charge in [0.15, 0.2) is 0 Å². The van der Waals surface area contributed by atoms with Crippen LogP contribution in [-0.4, -0.2) is 38.7 Å². The first-order valence-electron chi connectivity index (χ1n) is 9.16. The zero-order valence-electron chi connectivity index (χ0n) is 14.6. The lowest BCUT2D eigenvalue weighted by atomic mass is 9.94. The van der Waals surface area contributed by atoms with Gasteiger partial charge in [-0.25, -0.2) is 0 Å². The second-order valence-electron chi connectivity index (χ2n) is 6.68. The van der Waals surface area contributed by atoms with E-state index >= 15 is 0 Å². The number of pyridine rings is 1. The number of rotatable bonds is 3. The number of aryl methyl sites for hydroxylation is 1. The molecule has 0 radical (unpaired) electrons. The van der Waals surface area contributed by atoms with Crippen LogP contribution in [0.25, 0.3) is 0 Å². The summed E-state index contributed by atoms with van der Waals surface area (Å²) in [7, 11) is 0. The van der Waals surface area contributed by atoms with E-state index in [1.807, 2.05) is 17.0 Å². The lowest BCUT2D eigenvalue weighted by Crippen LogP contribution is -2.39. The Bertz CT molecular complexity index is 756. The van der Waals surface area contributed by atoms with Crippen molar-refractivity contribution < 1.29 is 9.53 Å².